The second-order valence-electron chi connectivity index (χ2n) is 4.98. The highest BCUT2D eigenvalue weighted by atomic mass is 14.8. The summed E-state index contributed by atoms with van der Waals surface area (Å²) in [5, 5.41) is 2.56. The van der Waals surface area contributed by atoms with Crippen LogP contribution in [0.5, 0.6) is 0 Å². The lowest BCUT2D eigenvalue weighted by Gasteiger charge is -2.01. The molecule has 1 heteroatoms. The van der Waals surface area contributed by atoms with Crippen molar-refractivity contribution < 1.29 is 4.40 Å². The highest BCUT2D eigenvalue weighted by Crippen LogP contribution is 2.21. The number of nitrogens with zero attached hydrogens (tertiary/aromatic N) is 1. The molecule has 20 heavy (non-hydrogen) atoms. The van der Waals surface area contributed by atoms with Gasteiger partial charge in [0.05, 0.1) is 5.39 Å². The van der Waals surface area contributed by atoms with Gasteiger partial charge >= 0.3 is 0 Å². The molecule has 0 radical (unpaired) electrons. The van der Waals surface area contributed by atoms with Crippen LogP contribution in [-0.2, 0) is 0 Å². The number of hydrogen-bond acceptors (Lipinski definition) is 0. The van der Waals surface area contributed by atoms with Gasteiger partial charge in [0.1, 0.15) is 0 Å². The highest BCUT2D eigenvalue weighted by molar-refractivity contribution is 5.93. The zero-order valence-corrected chi connectivity index (χ0v) is 11.0. The van der Waals surface area contributed by atoms with Crippen molar-refractivity contribution in [2.45, 2.75) is 0 Å². The molecule has 0 N–H and O–H groups in total. The molecular weight excluding hydrogens is 242 g/mol. The smallest absolute Gasteiger partial charge is 0.166 e. The molecule has 2 aromatic heterocycles. The van der Waals surface area contributed by atoms with Crippen LogP contribution in [-0.4, -0.2) is 0 Å². The first-order chi connectivity index (χ1) is 9.92. The Labute approximate surface area is 117 Å². The summed E-state index contributed by atoms with van der Waals surface area (Å²) in [5.41, 5.74) is 3.72. The van der Waals surface area contributed by atoms with E-state index in [0.29, 0.717) is 0 Å². The SMILES string of the molecule is c1ccc(-c2ccc3c4ccccc4cc[n+]3c2)cc1. The van der Waals surface area contributed by atoms with Gasteiger partial charge in [0.25, 0.3) is 0 Å². The molecule has 0 saturated carbocycles. The number of hydrogen-bond donors (Lipinski definition) is 0. The fourth-order valence-corrected chi connectivity index (χ4v) is 2.71. The molecule has 0 aliphatic heterocycles. The third-order valence-corrected chi connectivity index (χ3v) is 3.74. The molecule has 94 valence electrons. The van der Waals surface area contributed by atoms with Crippen LogP contribution in [0.1, 0.15) is 0 Å². The molecule has 2 aromatic carbocycles. The van der Waals surface area contributed by atoms with Crippen molar-refractivity contribution in [1.29, 1.82) is 0 Å². The summed E-state index contributed by atoms with van der Waals surface area (Å²) in [6, 6.07) is 25.5. The van der Waals surface area contributed by atoms with Crippen LogP contribution < -0.4 is 4.40 Å². The molecule has 0 bridgehead atoms. The van der Waals surface area contributed by atoms with Gasteiger partial charge in [0.2, 0.25) is 5.52 Å². The standard InChI is InChI=1S/C19H14N/c1-2-6-15(7-3-1)17-10-11-19-18-9-5-4-8-16(18)12-13-20(19)14-17/h1-14H/q+1. The topological polar surface area (TPSA) is 4.10 Å². The van der Waals surface area contributed by atoms with E-state index in [1.54, 1.807) is 0 Å². The van der Waals surface area contributed by atoms with Gasteiger partial charge in [-0.2, -0.15) is 4.40 Å². The van der Waals surface area contributed by atoms with Gasteiger partial charge in [-0.1, -0.05) is 48.5 Å². The zero-order valence-electron chi connectivity index (χ0n) is 11.0. The lowest BCUT2D eigenvalue weighted by Crippen LogP contribution is -2.20. The molecule has 0 spiro atoms. The molecule has 0 saturated heterocycles. The van der Waals surface area contributed by atoms with E-state index in [9.17, 15) is 0 Å². The van der Waals surface area contributed by atoms with Crippen molar-refractivity contribution in [3.63, 3.8) is 0 Å². The Kier molecular flexibility index (Phi) is 2.49. The van der Waals surface area contributed by atoms with E-state index < -0.39 is 0 Å². The predicted molar refractivity (Wildman–Crippen MR) is 82.5 cm³/mol. The fourth-order valence-electron chi connectivity index (χ4n) is 2.71. The minimum absolute atomic E-state index is 1.23. The molecule has 0 amide bonds. The minimum atomic E-state index is 1.23. The third kappa shape index (κ3) is 1.76. The van der Waals surface area contributed by atoms with Gasteiger partial charge in [0, 0.05) is 17.7 Å². The summed E-state index contributed by atoms with van der Waals surface area (Å²) in [4.78, 5) is 0. The lowest BCUT2D eigenvalue weighted by atomic mass is 10.1. The Hall–Kier alpha value is -2.67. The molecule has 4 rings (SSSR count). The number of rotatable bonds is 1. The number of aromatic nitrogens is 1. The molecular formula is C19H14N+. The summed E-state index contributed by atoms with van der Waals surface area (Å²) in [6.07, 6.45) is 4.32. The Morgan fingerprint density at radius 2 is 1.40 bits per heavy atom. The lowest BCUT2D eigenvalue weighted by molar-refractivity contribution is -0.510. The quantitative estimate of drug-likeness (QED) is 0.354. The molecule has 0 unspecified atom stereocenters. The van der Waals surface area contributed by atoms with Crippen molar-refractivity contribution in [3.05, 3.63) is 85.2 Å². The minimum Gasteiger partial charge on any atom is -0.166 e. The number of pyridine rings is 2. The predicted octanol–water partition coefficient (Wildman–Crippen LogP) is 4.25. The average Bonchev–Trinajstić information content (AvgIpc) is 2.55. The van der Waals surface area contributed by atoms with Gasteiger partial charge in [-0.15, -0.1) is 0 Å². The monoisotopic (exact) mass is 256 g/mol. The van der Waals surface area contributed by atoms with Crippen LogP contribution in [0.15, 0.2) is 85.2 Å². The first-order valence-corrected chi connectivity index (χ1v) is 6.80. The second kappa shape index (κ2) is 4.46. The summed E-state index contributed by atoms with van der Waals surface area (Å²) < 4.78 is 2.20. The van der Waals surface area contributed by atoms with Crippen LogP contribution in [0.3, 0.4) is 0 Å². The van der Waals surface area contributed by atoms with Crippen molar-refractivity contribution >= 4 is 16.3 Å². The van der Waals surface area contributed by atoms with Crippen molar-refractivity contribution in [1.82, 2.24) is 0 Å². The largest absolute Gasteiger partial charge is 0.218 e. The van der Waals surface area contributed by atoms with Crippen LogP contribution in [0.25, 0.3) is 27.4 Å². The molecule has 4 aromatic rings. The maximum absolute atomic E-state index is 2.20. The van der Waals surface area contributed by atoms with Gasteiger partial charge in [-0.3, -0.25) is 0 Å². The zero-order chi connectivity index (χ0) is 13.4. The van der Waals surface area contributed by atoms with Gasteiger partial charge in [-0.25, -0.2) is 0 Å². The molecule has 0 atom stereocenters. The van der Waals surface area contributed by atoms with Crippen molar-refractivity contribution in [2.75, 3.05) is 0 Å². The summed E-state index contributed by atoms with van der Waals surface area (Å²) in [7, 11) is 0. The van der Waals surface area contributed by atoms with E-state index in [1.807, 2.05) is 6.07 Å². The maximum atomic E-state index is 2.20. The third-order valence-electron chi connectivity index (χ3n) is 3.74. The summed E-state index contributed by atoms with van der Waals surface area (Å²) >= 11 is 0. The Bertz CT molecular complexity index is 895. The first-order valence-electron chi connectivity index (χ1n) is 6.80. The van der Waals surface area contributed by atoms with Gasteiger partial charge < -0.3 is 0 Å². The van der Waals surface area contributed by atoms with E-state index in [4.69, 9.17) is 0 Å². The maximum Gasteiger partial charge on any atom is 0.218 e. The number of fused-ring (bicyclic) bond motifs is 3. The normalized spacial score (nSPS) is 11.0. The average molecular weight is 256 g/mol. The Balaban J connectivity index is 1.99. The van der Waals surface area contributed by atoms with Crippen molar-refractivity contribution in [3.8, 4) is 11.1 Å². The highest BCUT2D eigenvalue weighted by Gasteiger charge is 2.09. The molecule has 0 aliphatic rings. The van der Waals surface area contributed by atoms with Crippen LogP contribution >= 0.6 is 0 Å². The molecule has 2 heterocycles. The van der Waals surface area contributed by atoms with E-state index in [1.165, 1.54) is 27.4 Å². The summed E-state index contributed by atoms with van der Waals surface area (Å²) in [5.74, 6) is 0. The van der Waals surface area contributed by atoms with E-state index in [0.717, 1.165) is 0 Å². The number of benzene rings is 2. The Morgan fingerprint density at radius 1 is 0.600 bits per heavy atom. The van der Waals surface area contributed by atoms with Gasteiger partial charge in [0.15, 0.2) is 12.4 Å². The first kappa shape index (κ1) is 11.2. The fraction of sp³-hybridized carbons (Fsp3) is 0. The van der Waals surface area contributed by atoms with E-state index in [-0.39, 0.29) is 0 Å². The molecule has 1 nitrogen and oxygen atoms in total. The Morgan fingerprint density at radius 3 is 2.30 bits per heavy atom. The molecule has 0 fully saturated rings. The van der Waals surface area contributed by atoms with Crippen LogP contribution in [0.4, 0.5) is 0 Å². The second-order valence-corrected chi connectivity index (χ2v) is 4.98. The van der Waals surface area contributed by atoms with E-state index >= 15 is 0 Å². The summed E-state index contributed by atoms with van der Waals surface area (Å²) in [6.45, 7) is 0. The van der Waals surface area contributed by atoms with Crippen LogP contribution in [0.2, 0.25) is 0 Å². The van der Waals surface area contributed by atoms with E-state index in [2.05, 4.69) is 83.5 Å². The van der Waals surface area contributed by atoms with Crippen molar-refractivity contribution in [2.24, 2.45) is 0 Å². The van der Waals surface area contributed by atoms with Gasteiger partial charge in [-0.05, 0) is 23.1 Å². The van der Waals surface area contributed by atoms with Crippen LogP contribution in [0, 0.1) is 0 Å². The molecule has 0 aliphatic carbocycles.